The van der Waals surface area contributed by atoms with Crippen LogP contribution in [0.1, 0.15) is 44.7 Å². The number of rotatable bonds is 12. The number of barbiturate groups is 1. The van der Waals surface area contributed by atoms with Gasteiger partial charge in [0.05, 0.1) is 33.5 Å². The third-order valence-electron chi connectivity index (χ3n) is 5.26. The number of benzene rings is 2. The zero-order valence-corrected chi connectivity index (χ0v) is 21.1. The molecule has 4 amide bonds. The first kappa shape index (κ1) is 26.6. The van der Waals surface area contributed by atoms with E-state index in [1.807, 2.05) is 20.8 Å². The third kappa shape index (κ3) is 6.35. The molecule has 192 valence electrons. The fraction of sp³-hybridized carbons (Fsp3) is 0.370. The molecule has 1 N–H and O–H groups in total. The predicted molar refractivity (Wildman–Crippen MR) is 134 cm³/mol. The van der Waals surface area contributed by atoms with Gasteiger partial charge in [-0.2, -0.15) is 0 Å². The zero-order chi connectivity index (χ0) is 26.1. The van der Waals surface area contributed by atoms with E-state index in [0.29, 0.717) is 53.9 Å². The van der Waals surface area contributed by atoms with E-state index < -0.39 is 17.8 Å². The van der Waals surface area contributed by atoms with E-state index in [-0.39, 0.29) is 12.1 Å². The van der Waals surface area contributed by atoms with Crippen LogP contribution in [0.5, 0.6) is 23.0 Å². The van der Waals surface area contributed by atoms with Gasteiger partial charge >= 0.3 is 6.03 Å². The lowest BCUT2D eigenvalue weighted by Crippen LogP contribution is -2.53. The van der Waals surface area contributed by atoms with E-state index in [0.717, 1.165) is 17.7 Å². The molecule has 9 nitrogen and oxygen atoms in total. The average molecular weight is 497 g/mol. The highest BCUT2D eigenvalue weighted by molar-refractivity contribution is 6.30. The average Bonchev–Trinajstić information content (AvgIpc) is 2.87. The van der Waals surface area contributed by atoms with Crippen molar-refractivity contribution >= 4 is 23.9 Å². The summed E-state index contributed by atoms with van der Waals surface area (Å²) in [7, 11) is 1.52. The Morgan fingerprint density at radius 2 is 1.50 bits per heavy atom. The van der Waals surface area contributed by atoms with Gasteiger partial charge in [0.25, 0.3) is 11.8 Å². The highest BCUT2D eigenvalue weighted by atomic mass is 16.5. The minimum Gasteiger partial charge on any atom is -0.493 e. The number of nitrogens with zero attached hydrogens (tertiary/aromatic N) is 1. The Balaban J connectivity index is 1.86. The fourth-order valence-corrected chi connectivity index (χ4v) is 3.54. The van der Waals surface area contributed by atoms with Gasteiger partial charge in [-0.15, -0.1) is 0 Å². The molecule has 1 heterocycles. The van der Waals surface area contributed by atoms with Gasteiger partial charge in [-0.3, -0.25) is 19.8 Å². The molecule has 0 atom stereocenters. The lowest BCUT2D eigenvalue weighted by molar-refractivity contribution is -0.130. The first-order valence-corrected chi connectivity index (χ1v) is 12.0. The van der Waals surface area contributed by atoms with Crippen LogP contribution in [0, 0.1) is 0 Å². The van der Waals surface area contributed by atoms with Crippen LogP contribution < -0.4 is 24.3 Å². The smallest absolute Gasteiger partial charge is 0.331 e. The maximum atomic E-state index is 13.2. The van der Waals surface area contributed by atoms with Crippen LogP contribution >= 0.6 is 0 Å². The molecule has 0 spiro atoms. The van der Waals surface area contributed by atoms with Crippen molar-refractivity contribution in [2.45, 2.75) is 40.2 Å². The second-order valence-electron chi connectivity index (χ2n) is 8.03. The second-order valence-corrected chi connectivity index (χ2v) is 8.03. The van der Waals surface area contributed by atoms with Gasteiger partial charge in [-0.05, 0) is 61.2 Å². The van der Waals surface area contributed by atoms with Crippen LogP contribution in [0.2, 0.25) is 0 Å². The Morgan fingerprint density at radius 3 is 2.14 bits per heavy atom. The Kier molecular flexibility index (Phi) is 9.32. The monoisotopic (exact) mass is 496 g/mol. The normalized spacial score (nSPS) is 14.6. The molecule has 1 fully saturated rings. The van der Waals surface area contributed by atoms with Gasteiger partial charge in [-0.25, -0.2) is 4.79 Å². The molecule has 9 heteroatoms. The van der Waals surface area contributed by atoms with Gasteiger partial charge in [0.1, 0.15) is 5.57 Å². The maximum Gasteiger partial charge on any atom is 0.331 e. The lowest BCUT2D eigenvalue weighted by atomic mass is 10.1. The van der Waals surface area contributed by atoms with Crippen molar-refractivity contribution < 1.29 is 33.3 Å². The zero-order valence-electron chi connectivity index (χ0n) is 21.1. The van der Waals surface area contributed by atoms with Gasteiger partial charge in [0.15, 0.2) is 23.0 Å². The van der Waals surface area contributed by atoms with Crippen molar-refractivity contribution in [2.24, 2.45) is 0 Å². The highest BCUT2D eigenvalue weighted by Crippen LogP contribution is 2.31. The first-order chi connectivity index (χ1) is 17.4. The van der Waals surface area contributed by atoms with Crippen molar-refractivity contribution in [3.63, 3.8) is 0 Å². The molecule has 1 aliphatic rings. The summed E-state index contributed by atoms with van der Waals surface area (Å²) in [6.45, 7) is 7.31. The first-order valence-electron chi connectivity index (χ1n) is 12.0. The lowest BCUT2D eigenvalue weighted by Gasteiger charge is -2.26. The van der Waals surface area contributed by atoms with Crippen LogP contribution in [-0.2, 0) is 16.1 Å². The van der Waals surface area contributed by atoms with E-state index in [9.17, 15) is 14.4 Å². The Morgan fingerprint density at radius 1 is 0.833 bits per heavy atom. The topological polar surface area (TPSA) is 103 Å². The van der Waals surface area contributed by atoms with Gasteiger partial charge in [0.2, 0.25) is 0 Å². The summed E-state index contributed by atoms with van der Waals surface area (Å²) >= 11 is 0. The quantitative estimate of drug-likeness (QED) is 0.344. The van der Waals surface area contributed by atoms with Crippen LogP contribution in [0.3, 0.4) is 0 Å². The molecule has 0 radical (unpaired) electrons. The molecule has 0 saturated carbocycles. The van der Waals surface area contributed by atoms with Crippen LogP contribution in [-0.4, -0.2) is 49.7 Å². The van der Waals surface area contributed by atoms with Crippen molar-refractivity contribution in [3.05, 3.63) is 53.1 Å². The number of imide groups is 2. The second kappa shape index (κ2) is 12.6. The number of methoxy groups -OCH3 is 1. The molecule has 36 heavy (non-hydrogen) atoms. The summed E-state index contributed by atoms with van der Waals surface area (Å²) in [5.74, 6) is 0.702. The molecular formula is C27H32N2O7. The molecule has 0 aliphatic carbocycles. The molecule has 2 aromatic carbocycles. The number of hydrogen-bond acceptors (Lipinski definition) is 7. The molecule has 1 aliphatic heterocycles. The summed E-state index contributed by atoms with van der Waals surface area (Å²) in [4.78, 5) is 39.2. The van der Waals surface area contributed by atoms with E-state index in [4.69, 9.17) is 18.9 Å². The number of nitrogens with one attached hydrogen (secondary N) is 1. The number of amides is 4. The largest absolute Gasteiger partial charge is 0.493 e. The number of carbonyl (C=O) groups is 3. The number of carbonyl (C=O) groups excluding carboxylic acids is 3. The molecule has 0 unspecified atom stereocenters. The molecule has 0 bridgehead atoms. The fourth-order valence-electron chi connectivity index (χ4n) is 3.54. The van der Waals surface area contributed by atoms with Gasteiger partial charge in [0, 0.05) is 0 Å². The molecule has 0 aromatic heterocycles. The summed E-state index contributed by atoms with van der Waals surface area (Å²) in [5.41, 5.74) is 1.05. The van der Waals surface area contributed by atoms with Crippen molar-refractivity contribution in [2.75, 3.05) is 26.9 Å². The molecule has 3 rings (SSSR count). The maximum absolute atomic E-state index is 13.2. The van der Waals surface area contributed by atoms with Crippen LogP contribution in [0.25, 0.3) is 6.08 Å². The van der Waals surface area contributed by atoms with E-state index in [1.54, 1.807) is 36.4 Å². The molecule has 2 aromatic rings. The minimum atomic E-state index is -0.786. The minimum absolute atomic E-state index is 0.0479. The third-order valence-corrected chi connectivity index (χ3v) is 5.26. The predicted octanol–water partition coefficient (Wildman–Crippen LogP) is 4.33. The molecular weight excluding hydrogens is 464 g/mol. The SMILES string of the molecule is CCCOc1ccc(CN2C(=O)NC(=O)/C(=C\c3ccc(OCCC)c(OCC)c3)C2=O)cc1OC. The Hall–Kier alpha value is -4.01. The van der Waals surface area contributed by atoms with Crippen molar-refractivity contribution in [1.29, 1.82) is 0 Å². The number of ether oxygens (including phenoxy) is 4. The number of urea groups is 1. The summed E-state index contributed by atoms with van der Waals surface area (Å²) in [5, 5.41) is 2.24. The summed E-state index contributed by atoms with van der Waals surface area (Å²) in [6.07, 6.45) is 3.12. The van der Waals surface area contributed by atoms with Gasteiger partial charge < -0.3 is 18.9 Å². The summed E-state index contributed by atoms with van der Waals surface area (Å²) in [6, 6.07) is 9.55. The Labute approximate surface area is 211 Å². The number of hydrogen-bond donors (Lipinski definition) is 1. The van der Waals surface area contributed by atoms with E-state index >= 15 is 0 Å². The molecule has 1 saturated heterocycles. The Bertz CT molecular complexity index is 1140. The van der Waals surface area contributed by atoms with E-state index in [1.165, 1.54) is 13.2 Å². The highest BCUT2D eigenvalue weighted by Gasteiger charge is 2.35. The van der Waals surface area contributed by atoms with E-state index in [2.05, 4.69) is 5.32 Å². The van der Waals surface area contributed by atoms with Crippen LogP contribution in [0.15, 0.2) is 42.0 Å². The van der Waals surface area contributed by atoms with Gasteiger partial charge in [-0.1, -0.05) is 26.0 Å². The van der Waals surface area contributed by atoms with Crippen molar-refractivity contribution in [1.82, 2.24) is 10.2 Å². The standard InChI is InChI=1S/C27H32N2O7/c1-5-12-35-21-11-9-19(16-23(21)33-4)17-29-26(31)20(25(30)28-27(29)32)14-18-8-10-22(36-13-6-2)24(15-18)34-7-3/h8-11,14-16H,5-7,12-13,17H2,1-4H3,(H,28,30,32)/b20-14+. The summed E-state index contributed by atoms with van der Waals surface area (Å²) < 4.78 is 22.4. The van der Waals surface area contributed by atoms with Crippen molar-refractivity contribution in [3.8, 4) is 23.0 Å². The van der Waals surface area contributed by atoms with Crippen LogP contribution in [0.4, 0.5) is 4.79 Å².